The van der Waals surface area contributed by atoms with E-state index in [0.29, 0.717) is 23.6 Å². The van der Waals surface area contributed by atoms with Gasteiger partial charge >= 0.3 is 0 Å². The lowest BCUT2D eigenvalue weighted by atomic mass is 9.83. The first kappa shape index (κ1) is 19.9. The summed E-state index contributed by atoms with van der Waals surface area (Å²) in [5.41, 5.74) is 0.569. The molecule has 4 rings (SSSR count). The minimum Gasteiger partial charge on any atom is -0.473 e. The van der Waals surface area contributed by atoms with Crippen LogP contribution in [0.4, 0.5) is 5.95 Å². The fraction of sp³-hybridized carbons (Fsp3) is 0.300. The van der Waals surface area contributed by atoms with Crippen LogP contribution in [0.3, 0.4) is 0 Å². The number of rotatable bonds is 5. The zero-order chi connectivity index (χ0) is 21.3. The average molecular weight is 422 g/mol. The van der Waals surface area contributed by atoms with E-state index in [-0.39, 0.29) is 30.4 Å². The summed E-state index contributed by atoms with van der Waals surface area (Å²) in [6, 6.07) is 7.58. The average Bonchev–Trinajstić information content (AvgIpc) is 2.69. The number of fused-ring (bicyclic) bond motifs is 1. The van der Waals surface area contributed by atoms with Crippen LogP contribution in [0.15, 0.2) is 35.4 Å². The highest BCUT2D eigenvalue weighted by Crippen LogP contribution is 2.32. The van der Waals surface area contributed by atoms with Gasteiger partial charge < -0.3 is 4.74 Å². The molecule has 2 heterocycles. The Balaban J connectivity index is 1.62. The Kier molecular flexibility index (Phi) is 5.42. The Labute approximate surface area is 174 Å². The molecule has 1 N–H and O–H groups in total. The molecule has 1 saturated carbocycles. The van der Waals surface area contributed by atoms with Gasteiger partial charge in [-0.2, -0.15) is 5.26 Å². The van der Waals surface area contributed by atoms with Crippen LogP contribution in [0, 0.1) is 24.2 Å². The largest absolute Gasteiger partial charge is 0.473 e. The number of aryl methyl sites for hydroxylation is 1. The molecule has 1 amide bonds. The second kappa shape index (κ2) is 8.17. The Bertz CT molecular complexity index is 1210. The van der Waals surface area contributed by atoms with Crippen molar-refractivity contribution >= 4 is 37.2 Å². The fourth-order valence-corrected chi connectivity index (χ4v) is 3.34. The first-order valence-corrected chi connectivity index (χ1v) is 9.96. The van der Waals surface area contributed by atoms with Crippen LogP contribution in [0.25, 0.3) is 10.8 Å². The summed E-state index contributed by atoms with van der Waals surface area (Å²) in [4.78, 5) is 33.3. The molecule has 0 spiro atoms. The van der Waals surface area contributed by atoms with Gasteiger partial charge in [0.2, 0.25) is 17.7 Å². The third-order valence-corrected chi connectivity index (χ3v) is 5.15. The lowest BCUT2D eigenvalue weighted by Crippen LogP contribution is -2.35. The molecule has 0 aliphatic heterocycles. The molecule has 1 aliphatic carbocycles. The monoisotopic (exact) mass is 422 g/mol. The van der Waals surface area contributed by atoms with Crippen molar-refractivity contribution in [2.75, 3.05) is 5.32 Å². The zero-order valence-corrected chi connectivity index (χ0v) is 17.4. The molecule has 10 heteroatoms. The van der Waals surface area contributed by atoms with Gasteiger partial charge in [-0.15, -0.1) is 14.3 Å². The van der Waals surface area contributed by atoms with Gasteiger partial charge in [0, 0.05) is 30.5 Å². The molecule has 1 atom stereocenters. The number of carbonyl (C=O) groups is 1. The number of nitrogens with one attached hydrogen (secondary N) is 1. The first-order valence-electron chi connectivity index (χ1n) is 9.38. The third kappa shape index (κ3) is 4.14. The number of hydrogen-bond acceptors (Lipinski definition) is 7. The molecule has 9 nitrogen and oxygen atoms in total. The summed E-state index contributed by atoms with van der Waals surface area (Å²) >= 11 is 0. The predicted molar refractivity (Wildman–Crippen MR) is 113 cm³/mol. The zero-order valence-electron chi connectivity index (χ0n) is 16.2. The Morgan fingerprint density at radius 3 is 2.77 bits per heavy atom. The molecule has 1 aliphatic rings. The van der Waals surface area contributed by atoms with Gasteiger partial charge in [0.15, 0.2) is 0 Å². The van der Waals surface area contributed by atoms with Crippen molar-refractivity contribution in [2.24, 2.45) is 5.92 Å². The molecular weight excluding hydrogens is 403 g/mol. The number of aromatic nitrogens is 4. The standard InChI is InChI=1S/C20H19N6O3P/c1-11-2-3-15-16(4-11)18(29-13-5-12(6-13)7-21)25-26(19(15)28)10-17(27)24-20-22-8-14(30)9-23-20/h2-4,8-9,12-13H,5-6,10,30H2,1H3,(H,22,23,24,27). The van der Waals surface area contributed by atoms with Gasteiger partial charge in [0.1, 0.15) is 12.6 Å². The lowest BCUT2D eigenvalue weighted by Gasteiger charge is -2.30. The highest BCUT2D eigenvalue weighted by Gasteiger charge is 2.32. The molecule has 1 fully saturated rings. The summed E-state index contributed by atoms with van der Waals surface area (Å²) in [5, 5.41) is 17.6. The number of amides is 1. The third-order valence-electron chi connectivity index (χ3n) is 4.85. The molecule has 2 aromatic heterocycles. The summed E-state index contributed by atoms with van der Waals surface area (Å²) in [7, 11) is 2.46. The maximum atomic E-state index is 12.9. The molecule has 30 heavy (non-hydrogen) atoms. The Morgan fingerprint density at radius 2 is 2.07 bits per heavy atom. The highest BCUT2D eigenvalue weighted by molar-refractivity contribution is 7.27. The molecular formula is C20H19N6O3P. The molecule has 0 saturated heterocycles. The highest BCUT2D eigenvalue weighted by atomic mass is 31.0. The summed E-state index contributed by atoms with van der Waals surface area (Å²) in [6.07, 6.45) is 4.21. The van der Waals surface area contributed by atoms with Crippen molar-refractivity contribution in [3.8, 4) is 11.9 Å². The van der Waals surface area contributed by atoms with Crippen molar-refractivity contribution in [1.29, 1.82) is 5.26 Å². The topological polar surface area (TPSA) is 123 Å². The summed E-state index contributed by atoms with van der Waals surface area (Å²) in [5.74, 6) is -0.0745. The van der Waals surface area contributed by atoms with Crippen LogP contribution in [0.1, 0.15) is 18.4 Å². The maximum absolute atomic E-state index is 12.9. The molecule has 1 aromatic carbocycles. The number of ether oxygens (including phenoxy) is 1. The van der Waals surface area contributed by atoms with Crippen LogP contribution in [0.2, 0.25) is 0 Å². The van der Waals surface area contributed by atoms with Crippen molar-refractivity contribution in [2.45, 2.75) is 32.4 Å². The molecule has 0 bridgehead atoms. The van der Waals surface area contributed by atoms with Crippen LogP contribution in [-0.4, -0.2) is 31.8 Å². The van der Waals surface area contributed by atoms with E-state index in [2.05, 4.69) is 35.7 Å². The number of hydrogen-bond donors (Lipinski definition) is 1. The van der Waals surface area contributed by atoms with Gasteiger partial charge in [-0.25, -0.2) is 14.6 Å². The number of carbonyl (C=O) groups excluding carboxylic acids is 1. The molecule has 0 radical (unpaired) electrons. The number of anilines is 1. The SMILES string of the molecule is Cc1ccc2c(=O)n(CC(=O)Nc3ncc(P)cn3)nc(OC3CC(C#N)C3)c2c1. The molecule has 3 aromatic rings. The number of nitrogens with zero attached hydrogens (tertiary/aromatic N) is 5. The Hall–Kier alpha value is -3.37. The minimum absolute atomic E-state index is 0.0207. The lowest BCUT2D eigenvalue weighted by molar-refractivity contribution is -0.117. The van der Waals surface area contributed by atoms with Crippen LogP contribution in [0.5, 0.6) is 5.88 Å². The van der Waals surface area contributed by atoms with Gasteiger partial charge in [-0.1, -0.05) is 11.6 Å². The van der Waals surface area contributed by atoms with Crippen LogP contribution < -0.4 is 20.9 Å². The number of benzene rings is 1. The van der Waals surface area contributed by atoms with Crippen LogP contribution >= 0.6 is 9.24 Å². The smallest absolute Gasteiger partial charge is 0.275 e. The predicted octanol–water partition coefficient (Wildman–Crippen LogP) is 1.31. The van der Waals surface area contributed by atoms with Gasteiger partial charge in [0.25, 0.3) is 5.56 Å². The van der Waals surface area contributed by atoms with E-state index in [0.717, 1.165) is 15.5 Å². The van der Waals surface area contributed by atoms with E-state index in [9.17, 15) is 9.59 Å². The minimum atomic E-state index is -0.480. The Morgan fingerprint density at radius 1 is 1.33 bits per heavy atom. The first-order chi connectivity index (χ1) is 14.4. The fourth-order valence-electron chi connectivity index (χ4n) is 3.19. The normalized spacial score (nSPS) is 17.8. The van der Waals surface area contributed by atoms with Crippen molar-refractivity contribution in [3.05, 3.63) is 46.5 Å². The van der Waals surface area contributed by atoms with Crippen molar-refractivity contribution < 1.29 is 9.53 Å². The van der Waals surface area contributed by atoms with Crippen molar-refractivity contribution in [1.82, 2.24) is 19.7 Å². The second-order valence-electron chi connectivity index (χ2n) is 7.24. The van der Waals surface area contributed by atoms with E-state index in [1.807, 2.05) is 19.1 Å². The van der Waals surface area contributed by atoms with Gasteiger partial charge in [0.05, 0.1) is 22.8 Å². The van der Waals surface area contributed by atoms with E-state index >= 15 is 0 Å². The quantitative estimate of drug-likeness (QED) is 0.615. The van der Waals surface area contributed by atoms with Gasteiger partial charge in [-0.05, 0) is 19.1 Å². The van der Waals surface area contributed by atoms with Gasteiger partial charge in [-0.3, -0.25) is 14.9 Å². The molecule has 1 unspecified atom stereocenters. The molecule has 152 valence electrons. The van der Waals surface area contributed by atoms with Crippen molar-refractivity contribution in [3.63, 3.8) is 0 Å². The second-order valence-corrected chi connectivity index (χ2v) is 7.91. The van der Waals surface area contributed by atoms with E-state index in [4.69, 9.17) is 10.00 Å². The summed E-state index contributed by atoms with van der Waals surface area (Å²) < 4.78 is 7.05. The maximum Gasteiger partial charge on any atom is 0.275 e. The number of nitriles is 1. The van der Waals surface area contributed by atoms with E-state index in [1.165, 1.54) is 0 Å². The van der Waals surface area contributed by atoms with Crippen LogP contribution in [-0.2, 0) is 11.3 Å². The summed E-state index contributed by atoms with van der Waals surface area (Å²) in [6.45, 7) is 1.60. The van der Waals surface area contributed by atoms with E-state index < -0.39 is 11.5 Å². The van der Waals surface area contributed by atoms with E-state index in [1.54, 1.807) is 18.5 Å².